The molecular weight excluding hydrogens is 362 g/mol. The summed E-state index contributed by atoms with van der Waals surface area (Å²) in [5.41, 5.74) is 2.09. The van der Waals surface area contributed by atoms with E-state index in [9.17, 15) is 13.2 Å². The van der Waals surface area contributed by atoms with E-state index < -0.39 is 10.0 Å². The standard InChI is InChI=1S/C20H27N3O3S/c1-15(2)13-22-20(24)18-10-5-6-11-19(18)21-14-16-8-7-9-17(12-16)27(25,26)23(3)4/h5-12,15,21H,13-14H2,1-4H3,(H,22,24). The van der Waals surface area contributed by atoms with Crippen molar-refractivity contribution in [1.29, 1.82) is 0 Å². The Morgan fingerprint density at radius 3 is 2.44 bits per heavy atom. The molecule has 1 amide bonds. The number of sulfonamides is 1. The maximum absolute atomic E-state index is 12.4. The van der Waals surface area contributed by atoms with Crippen LogP contribution >= 0.6 is 0 Å². The molecule has 0 aromatic heterocycles. The van der Waals surface area contributed by atoms with Crippen LogP contribution in [0.3, 0.4) is 0 Å². The topological polar surface area (TPSA) is 78.5 Å². The van der Waals surface area contributed by atoms with Gasteiger partial charge in [-0.25, -0.2) is 12.7 Å². The molecule has 0 fully saturated rings. The normalized spacial score (nSPS) is 11.6. The van der Waals surface area contributed by atoms with Gasteiger partial charge in [-0.1, -0.05) is 38.1 Å². The number of anilines is 1. The highest BCUT2D eigenvalue weighted by Gasteiger charge is 2.17. The molecule has 2 rings (SSSR count). The number of rotatable bonds is 8. The quantitative estimate of drug-likeness (QED) is 0.728. The molecule has 0 aliphatic rings. The van der Waals surface area contributed by atoms with E-state index in [2.05, 4.69) is 10.6 Å². The van der Waals surface area contributed by atoms with Crippen LogP contribution in [-0.2, 0) is 16.6 Å². The number of para-hydroxylation sites is 1. The number of nitrogens with one attached hydrogen (secondary N) is 2. The van der Waals surface area contributed by atoms with E-state index in [4.69, 9.17) is 0 Å². The molecule has 0 aliphatic carbocycles. The second-order valence-corrected chi connectivity index (χ2v) is 9.09. The molecule has 2 N–H and O–H groups in total. The zero-order chi connectivity index (χ0) is 20.0. The summed E-state index contributed by atoms with van der Waals surface area (Å²) in [5.74, 6) is 0.242. The van der Waals surface area contributed by atoms with Crippen molar-refractivity contribution in [3.63, 3.8) is 0 Å². The van der Waals surface area contributed by atoms with Crippen molar-refractivity contribution in [2.24, 2.45) is 5.92 Å². The van der Waals surface area contributed by atoms with Crippen LogP contribution in [0.25, 0.3) is 0 Å². The number of carbonyl (C=O) groups excluding carboxylic acids is 1. The molecule has 146 valence electrons. The first-order valence-corrected chi connectivity index (χ1v) is 10.3. The van der Waals surface area contributed by atoms with Crippen molar-refractivity contribution in [2.75, 3.05) is 26.0 Å². The molecule has 0 unspecified atom stereocenters. The summed E-state index contributed by atoms with van der Waals surface area (Å²) >= 11 is 0. The second-order valence-electron chi connectivity index (χ2n) is 6.94. The Kier molecular flexibility index (Phi) is 6.98. The van der Waals surface area contributed by atoms with Crippen molar-refractivity contribution in [3.05, 3.63) is 59.7 Å². The van der Waals surface area contributed by atoms with E-state index in [0.29, 0.717) is 30.3 Å². The van der Waals surface area contributed by atoms with Crippen LogP contribution in [0.15, 0.2) is 53.4 Å². The van der Waals surface area contributed by atoms with Gasteiger partial charge in [0, 0.05) is 32.9 Å². The van der Waals surface area contributed by atoms with E-state index >= 15 is 0 Å². The first kappa shape index (κ1) is 20.9. The molecule has 6 nitrogen and oxygen atoms in total. The smallest absolute Gasteiger partial charge is 0.253 e. The average molecular weight is 390 g/mol. The Morgan fingerprint density at radius 1 is 1.07 bits per heavy atom. The zero-order valence-electron chi connectivity index (χ0n) is 16.2. The molecule has 2 aromatic carbocycles. The third kappa shape index (κ3) is 5.55. The predicted molar refractivity (Wildman–Crippen MR) is 108 cm³/mol. The van der Waals surface area contributed by atoms with E-state index in [1.54, 1.807) is 24.3 Å². The summed E-state index contributed by atoms with van der Waals surface area (Å²) < 4.78 is 25.8. The molecule has 0 radical (unpaired) electrons. The first-order valence-electron chi connectivity index (χ1n) is 8.84. The van der Waals surface area contributed by atoms with Gasteiger partial charge in [0.2, 0.25) is 10.0 Å². The number of amides is 1. The molecule has 0 spiro atoms. The summed E-state index contributed by atoms with van der Waals surface area (Å²) in [6.07, 6.45) is 0. The average Bonchev–Trinajstić information content (AvgIpc) is 2.64. The van der Waals surface area contributed by atoms with Gasteiger partial charge in [0.1, 0.15) is 0 Å². The monoisotopic (exact) mass is 389 g/mol. The van der Waals surface area contributed by atoms with Gasteiger partial charge >= 0.3 is 0 Å². The fourth-order valence-corrected chi connectivity index (χ4v) is 3.42. The number of hydrogen-bond acceptors (Lipinski definition) is 4. The number of nitrogens with zero attached hydrogens (tertiary/aromatic N) is 1. The molecular formula is C20H27N3O3S. The summed E-state index contributed by atoms with van der Waals surface area (Å²) in [6.45, 7) is 5.10. The van der Waals surface area contributed by atoms with Gasteiger partial charge in [-0.3, -0.25) is 4.79 Å². The van der Waals surface area contributed by atoms with Gasteiger partial charge in [0.05, 0.1) is 10.5 Å². The third-order valence-electron chi connectivity index (χ3n) is 4.00. The number of hydrogen-bond donors (Lipinski definition) is 2. The lowest BCUT2D eigenvalue weighted by molar-refractivity contribution is 0.0950. The van der Waals surface area contributed by atoms with Crippen LogP contribution in [0.1, 0.15) is 29.8 Å². The van der Waals surface area contributed by atoms with E-state index in [0.717, 1.165) is 5.56 Å². The highest BCUT2D eigenvalue weighted by molar-refractivity contribution is 7.89. The van der Waals surface area contributed by atoms with Gasteiger partial charge in [0.25, 0.3) is 5.91 Å². The van der Waals surface area contributed by atoms with Crippen molar-refractivity contribution in [1.82, 2.24) is 9.62 Å². The minimum Gasteiger partial charge on any atom is -0.380 e. The van der Waals surface area contributed by atoms with Crippen molar-refractivity contribution in [3.8, 4) is 0 Å². The molecule has 0 atom stereocenters. The van der Waals surface area contributed by atoms with E-state index in [1.807, 2.05) is 38.1 Å². The molecule has 27 heavy (non-hydrogen) atoms. The lowest BCUT2D eigenvalue weighted by Crippen LogP contribution is -2.28. The Morgan fingerprint density at radius 2 is 1.78 bits per heavy atom. The molecule has 0 saturated carbocycles. The fourth-order valence-electron chi connectivity index (χ4n) is 2.45. The highest BCUT2D eigenvalue weighted by atomic mass is 32.2. The molecule has 0 bridgehead atoms. The maximum atomic E-state index is 12.4. The summed E-state index contributed by atoms with van der Waals surface area (Å²) in [7, 11) is -0.466. The number of carbonyl (C=O) groups is 1. The Hall–Kier alpha value is -2.38. The minimum absolute atomic E-state index is 0.129. The molecule has 0 saturated heterocycles. The zero-order valence-corrected chi connectivity index (χ0v) is 17.0. The Bertz CT molecular complexity index is 893. The first-order chi connectivity index (χ1) is 12.7. The van der Waals surface area contributed by atoms with Gasteiger partial charge < -0.3 is 10.6 Å². The Labute approximate surface area is 161 Å². The second kappa shape index (κ2) is 9.01. The van der Waals surface area contributed by atoms with E-state index in [-0.39, 0.29) is 10.8 Å². The Balaban J connectivity index is 2.15. The minimum atomic E-state index is -3.48. The molecule has 2 aromatic rings. The largest absolute Gasteiger partial charge is 0.380 e. The van der Waals surface area contributed by atoms with Crippen LogP contribution in [-0.4, -0.2) is 39.3 Å². The number of benzene rings is 2. The van der Waals surface area contributed by atoms with E-state index in [1.165, 1.54) is 18.4 Å². The van der Waals surface area contributed by atoms with Gasteiger partial charge in [-0.05, 0) is 35.7 Å². The van der Waals surface area contributed by atoms with Gasteiger partial charge in [-0.15, -0.1) is 0 Å². The highest BCUT2D eigenvalue weighted by Crippen LogP contribution is 2.19. The van der Waals surface area contributed by atoms with Crippen LogP contribution in [0.2, 0.25) is 0 Å². The van der Waals surface area contributed by atoms with Crippen molar-refractivity contribution >= 4 is 21.6 Å². The van der Waals surface area contributed by atoms with Crippen LogP contribution in [0, 0.1) is 5.92 Å². The third-order valence-corrected chi connectivity index (χ3v) is 5.81. The van der Waals surface area contributed by atoms with Crippen LogP contribution in [0.5, 0.6) is 0 Å². The summed E-state index contributed by atoms with van der Waals surface area (Å²) in [4.78, 5) is 12.7. The molecule has 0 heterocycles. The maximum Gasteiger partial charge on any atom is 0.253 e. The lowest BCUT2D eigenvalue weighted by Gasteiger charge is -2.15. The van der Waals surface area contributed by atoms with Crippen LogP contribution < -0.4 is 10.6 Å². The SMILES string of the molecule is CC(C)CNC(=O)c1ccccc1NCc1cccc(S(=O)(=O)N(C)C)c1. The van der Waals surface area contributed by atoms with Crippen LogP contribution in [0.4, 0.5) is 5.69 Å². The fraction of sp³-hybridized carbons (Fsp3) is 0.350. The lowest BCUT2D eigenvalue weighted by atomic mass is 10.1. The molecule has 7 heteroatoms. The van der Waals surface area contributed by atoms with Crippen molar-refractivity contribution < 1.29 is 13.2 Å². The predicted octanol–water partition coefficient (Wildman–Crippen LogP) is 2.93. The summed E-state index contributed by atoms with van der Waals surface area (Å²) in [5, 5.41) is 6.15. The van der Waals surface area contributed by atoms with Crippen molar-refractivity contribution in [2.45, 2.75) is 25.3 Å². The van der Waals surface area contributed by atoms with Gasteiger partial charge in [-0.2, -0.15) is 0 Å². The molecule has 0 aliphatic heterocycles. The summed E-state index contributed by atoms with van der Waals surface area (Å²) in [6, 6.07) is 14.1. The van der Waals surface area contributed by atoms with Gasteiger partial charge in [0.15, 0.2) is 0 Å².